The fourth-order valence-electron chi connectivity index (χ4n) is 2.92. The third-order valence-corrected chi connectivity index (χ3v) is 4.35. The highest BCUT2D eigenvalue weighted by atomic mass is 16.6. The van der Waals surface area contributed by atoms with Crippen molar-refractivity contribution in [1.29, 1.82) is 0 Å². The minimum absolute atomic E-state index is 0.0333. The maximum atomic E-state index is 13.0. The molecule has 0 radical (unpaired) electrons. The number of hydrogen-bond acceptors (Lipinski definition) is 6. The Morgan fingerprint density at radius 3 is 2.27 bits per heavy atom. The summed E-state index contributed by atoms with van der Waals surface area (Å²) >= 11 is 0. The SMILES string of the molecule is O=C(Nc1ccccc1)c1c(Nc2ccc([N+](=O)[O-])cc2)nc2ccccc2[n+]1[O-]. The predicted molar refractivity (Wildman–Crippen MR) is 111 cm³/mol. The first-order valence-corrected chi connectivity index (χ1v) is 8.93. The lowest BCUT2D eigenvalue weighted by Crippen LogP contribution is -2.39. The predicted octanol–water partition coefficient (Wildman–Crippen LogP) is 3.77. The second-order valence-electron chi connectivity index (χ2n) is 6.34. The first kappa shape index (κ1) is 18.8. The maximum Gasteiger partial charge on any atom is 0.325 e. The van der Waals surface area contributed by atoms with Crippen LogP contribution in [0.25, 0.3) is 11.0 Å². The molecule has 0 saturated heterocycles. The number of carbonyl (C=O) groups excluding carboxylic acids is 1. The highest BCUT2D eigenvalue weighted by Gasteiger charge is 2.27. The van der Waals surface area contributed by atoms with Crippen molar-refractivity contribution in [3.63, 3.8) is 0 Å². The quantitative estimate of drug-likeness (QED) is 0.227. The average Bonchev–Trinajstić information content (AvgIpc) is 2.75. The Balaban J connectivity index is 1.77. The summed E-state index contributed by atoms with van der Waals surface area (Å²) in [5, 5.41) is 29.5. The van der Waals surface area contributed by atoms with E-state index in [1.165, 1.54) is 24.3 Å². The summed E-state index contributed by atoms with van der Waals surface area (Å²) in [6.07, 6.45) is 0. The number of anilines is 3. The lowest BCUT2D eigenvalue weighted by Gasteiger charge is -2.13. The van der Waals surface area contributed by atoms with Gasteiger partial charge in [-0.15, -0.1) is 0 Å². The van der Waals surface area contributed by atoms with Crippen LogP contribution in [0.5, 0.6) is 0 Å². The molecule has 1 amide bonds. The van der Waals surface area contributed by atoms with Crippen LogP contribution in [0.1, 0.15) is 10.5 Å². The second-order valence-corrected chi connectivity index (χ2v) is 6.34. The Morgan fingerprint density at radius 1 is 0.900 bits per heavy atom. The summed E-state index contributed by atoms with van der Waals surface area (Å²) in [6, 6.07) is 21.0. The molecule has 0 bridgehead atoms. The molecule has 9 nitrogen and oxygen atoms in total. The minimum atomic E-state index is -0.640. The van der Waals surface area contributed by atoms with Crippen molar-refractivity contribution < 1.29 is 14.4 Å². The van der Waals surface area contributed by atoms with E-state index in [4.69, 9.17) is 0 Å². The number of nitrogens with one attached hydrogen (secondary N) is 2. The molecule has 4 aromatic rings. The molecule has 0 atom stereocenters. The van der Waals surface area contributed by atoms with Gasteiger partial charge in [0.05, 0.1) is 4.92 Å². The van der Waals surface area contributed by atoms with Gasteiger partial charge in [0.25, 0.3) is 5.69 Å². The summed E-state index contributed by atoms with van der Waals surface area (Å²) in [4.78, 5) is 27.7. The van der Waals surface area contributed by atoms with E-state index in [1.807, 2.05) is 6.07 Å². The molecule has 30 heavy (non-hydrogen) atoms. The third-order valence-electron chi connectivity index (χ3n) is 4.35. The Hall–Kier alpha value is -4.53. The number of nitro benzene ring substituents is 1. The molecule has 9 heteroatoms. The standard InChI is InChI=1S/C21H15N5O4/c27-21(23-14-6-2-1-3-7-14)19-20(22-15-10-12-16(13-11-15)26(29)30)24-17-8-4-5-9-18(17)25(19)28/h1-13H,(H,22,24)(H,23,27). The van der Waals surface area contributed by atoms with Crippen molar-refractivity contribution in [2.24, 2.45) is 0 Å². The van der Waals surface area contributed by atoms with E-state index in [2.05, 4.69) is 15.6 Å². The van der Waals surface area contributed by atoms with Crippen molar-refractivity contribution in [1.82, 2.24) is 4.98 Å². The van der Waals surface area contributed by atoms with Gasteiger partial charge in [0.1, 0.15) is 5.52 Å². The normalized spacial score (nSPS) is 10.5. The molecule has 148 valence electrons. The van der Waals surface area contributed by atoms with Gasteiger partial charge in [-0.3, -0.25) is 14.9 Å². The molecule has 0 unspecified atom stereocenters. The molecule has 0 aliphatic rings. The number of fused-ring (bicyclic) bond motifs is 1. The topological polar surface area (TPSA) is 124 Å². The van der Waals surface area contributed by atoms with Gasteiger partial charge in [0.15, 0.2) is 0 Å². The lowest BCUT2D eigenvalue weighted by atomic mass is 10.2. The van der Waals surface area contributed by atoms with E-state index in [9.17, 15) is 20.1 Å². The summed E-state index contributed by atoms with van der Waals surface area (Å²) in [5.74, 6) is -0.607. The van der Waals surface area contributed by atoms with E-state index in [0.717, 1.165) is 0 Å². The van der Waals surface area contributed by atoms with E-state index in [1.54, 1.807) is 48.5 Å². The van der Waals surface area contributed by atoms with E-state index in [-0.39, 0.29) is 22.7 Å². The molecule has 0 aliphatic carbocycles. The molecular weight excluding hydrogens is 386 g/mol. The van der Waals surface area contributed by atoms with Crippen LogP contribution in [0.2, 0.25) is 0 Å². The van der Waals surface area contributed by atoms with Gasteiger partial charge >= 0.3 is 11.6 Å². The number of carbonyl (C=O) groups is 1. The first-order valence-electron chi connectivity index (χ1n) is 8.93. The zero-order valence-electron chi connectivity index (χ0n) is 15.5. The number of aromatic nitrogens is 2. The van der Waals surface area contributed by atoms with E-state index < -0.39 is 10.8 Å². The monoisotopic (exact) mass is 401 g/mol. The zero-order valence-corrected chi connectivity index (χ0v) is 15.5. The lowest BCUT2D eigenvalue weighted by molar-refractivity contribution is -0.578. The molecule has 0 saturated carbocycles. The fourth-order valence-corrected chi connectivity index (χ4v) is 2.92. The van der Waals surface area contributed by atoms with Crippen LogP contribution in [0.15, 0.2) is 78.9 Å². The second kappa shape index (κ2) is 7.84. The Kier molecular flexibility index (Phi) is 4.92. The molecule has 0 fully saturated rings. The number of non-ortho nitro benzene ring substituents is 1. The minimum Gasteiger partial charge on any atom is -0.618 e. The van der Waals surface area contributed by atoms with Crippen LogP contribution < -0.4 is 15.4 Å². The van der Waals surface area contributed by atoms with Crippen LogP contribution in [-0.4, -0.2) is 15.8 Å². The zero-order chi connectivity index (χ0) is 21.1. The number of nitro groups is 1. The number of rotatable bonds is 5. The van der Waals surface area contributed by atoms with Crippen LogP contribution >= 0.6 is 0 Å². The molecular formula is C21H15N5O4. The highest BCUT2D eigenvalue weighted by Crippen LogP contribution is 2.23. The molecule has 0 aliphatic heterocycles. The number of benzene rings is 3. The third kappa shape index (κ3) is 3.72. The molecule has 3 aromatic carbocycles. The van der Waals surface area contributed by atoms with Gasteiger partial charge in [0, 0.05) is 29.6 Å². The van der Waals surface area contributed by atoms with Gasteiger partial charge in [-0.25, -0.2) is 4.98 Å². The van der Waals surface area contributed by atoms with E-state index in [0.29, 0.717) is 21.6 Å². The highest BCUT2D eigenvalue weighted by molar-refractivity contribution is 6.06. The van der Waals surface area contributed by atoms with Crippen molar-refractivity contribution in [2.45, 2.75) is 0 Å². The summed E-state index contributed by atoms with van der Waals surface area (Å²) in [7, 11) is 0. The first-order chi connectivity index (χ1) is 14.5. The van der Waals surface area contributed by atoms with Gasteiger partial charge in [0.2, 0.25) is 11.3 Å². The van der Waals surface area contributed by atoms with Gasteiger partial charge < -0.3 is 15.8 Å². The number of para-hydroxylation sites is 3. The van der Waals surface area contributed by atoms with Crippen LogP contribution in [0.4, 0.5) is 22.9 Å². The van der Waals surface area contributed by atoms with Crippen LogP contribution in [-0.2, 0) is 0 Å². The Morgan fingerprint density at radius 2 is 1.57 bits per heavy atom. The van der Waals surface area contributed by atoms with Crippen LogP contribution in [0, 0.1) is 15.3 Å². The van der Waals surface area contributed by atoms with Crippen molar-refractivity contribution in [3.05, 3.63) is 99.9 Å². The molecule has 1 heterocycles. The summed E-state index contributed by atoms with van der Waals surface area (Å²) in [6.45, 7) is 0. The summed E-state index contributed by atoms with van der Waals surface area (Å²) < 4.78 is 0.522. The Labute approximate surface area is 170 Å². The summed E-state index contributed by atoms with van der Waals surface area (Å²) in [5.41, 5.74) is 1.30. The van der Waals surface area contributed by atoms with E-state index >= 15 is 0 Å². The smallest absolute Gasteiger partial charge is 0.325 e. The molecule has 0 spiro atoms. The van der Waals surface area contributed by atoms with Crippen molar-refractivity contribution in [2.75, 3.05) is 10.6 Å². The fraction of sp³-hybridized carbons (Fsp3) is 0. The van der Waals surface area contributed by atoms with Crippen molar-refractivity contribution >= 4 is 39.8 Å². The van der Waals surface area contributed by atoms with Gasteiger partial charge in [-0.1, -0.05) is 30.3 Å². The molecule has 2 N–H and O–H groups in total. The number of amides is 1. The van der Waals surface area contributed by atoms with Crippen molar-refractivity contribution in [3.8, 4) is 0 Å². The van der Waals surface area contributed by atoms with Gasteiger partial charge in [-0.05, 0) is 30.3 Å². The average molecular weight is 401 g/mol. The van der Waals surface area contributed by atoms with Crippen LogP contribution in [0.3, 0.4) is 0 Å². The largest absolute Gasteiger partial charge is 0.618 e. The maximum absolute atomic E-state index is 13.0. The van der Waals surface area contributed by atoms with Gasteiger partial charge in [-0.2, -0.15) is 4.73 Å². The number of nitrogens with zero attached hydrogens (tertiary/aromatic N) is 3. The molecule has 1 aromatic heterocycles. The molecule has 4 rings (SSSR count). The number of hydrogen-bond donors (Lipinski definition) is 2. The Bertz CT molecular complexity index is 1240.